The summed E-state index contributed by atoms with van der Waals surface area (Å²) < 4.78 is 6.28. The lowest BCUT2D eigenvalue weighted by molar-refractivity contribution is -0.118. The molecule has 0 bridgehead atoms. The number of amides is 1. The Labute approximate surface area is 142 Å². The molecule has 0 aliphatic heterocycles. The zero-order chi connectivity index (χ0) is 16.8. The van der Waals surface area contributed by atoms with Gasteiger partial charge in [-0.3, -0.25) is 4.79 Å². The van der Waals surface area contributed by atoms with Gasteiger partial charge >= 0.3 is 5.97 Å². The summed E-state index contributed by atoms with van der Waals surface area (Å²) in [6, 6.07) is 11.6. The maximum Gasteiger partial charge on any atom is 0.335 e. The second kappa shape index (κ2) is 7.78. The van der Waals surface area contributed by atoms with Gasteiger partial charge in [0, 0.05) is 5.69 Å². The molecule has 6 heteroatoms. The Balaban J connectivity index is 1.91. The van der Waals surface area contributed by atoms with Crippen molar-refractivity contribution in [2.75, 3.05) is 11.9 Å². The normalized spacial score (nSPS) is 10.2. The molecule has 0 spiro atoms. The maximum atomic E-state index is 11.9. The minimum absolute atomic E-state index is 0.134. The van der Waals surface area contributed by atoms with Crippen LogP contribution in [0.3, 0.4) is 0 Å². The molecule has 0 unspecified atom stereocenters. The molecule has 1 amide bonds. The van der Waals surface area contributed by atoms with Crippen LogP contribution in [0.2, 0.25) is 0 Å². The largest absolute Gasteiger partial charge is 0.483 e. The van der Waals surface area contributed by atoms with Crippen LogP contribution in [0.5, 0.6) is 5.75 Å². The number of halogens is 1. The average molecular weight is 378 g/mol. The Morgan fingerprint density at radius 3 is 2.43 bits per heavy atom. The second-order valence-corrected chi connectivity index (χ2v) is 5.69. The first-order valence-corrected chi connectivity index (χ1v) is 7.83. The molecule has 2 aromatic rings. The summed E-state index contributed by atoms with van der Waals surface area (Å²) in [4.78, 5) is 22.6. The zero-order valence-electron chi connectivity index (χ0n) is 12.5. The number of hydrogen-bond donors (Lipinski definition) is 2. The Kier molecular flexibility index (Phi) is 5.76. The number of carboxylic acids is 1. The van der Waals surface area contributed by atoms with E-state index < -0.39 is 5.97 Å². The molecule has 2 N–H and O–H groups in total. The number of nitrogens with one attached hydrogen (secondary N) is 1. The maximum absolute atomic E-state index is 11.9. The number of hydrogen-bond acceptors (Lipinski definition) is 3. The van der Waals surface area contributed by atoms with Crippen LogP contribution >= 0.6 is 15.9 Å². The van der Waals surface area contributed by atoms with E-state index in [9.17, 15) is 9.59 Å². The fourth-order valence-corrected chi connectivity index (χ4v) is 2.46. The molecule has 0 atom stereocenters. The molecule has 0 aliphatic rings. The lowest BCUT2D eigenvalue weighted by atomic mass is 10.2. The highest BCUT2D eigenvalue weighted by atomic mass is 79.9. The van der Waals surface area contributed by atoms with Crippen LogP contribution in [0.25, 0.3) is 0 Å². The predicted octanol–water partition coefficient (Wildman–Crippen LogP) is 3.73. The predicted molar refractivity (Wildman–Crippen MR) is 91.0 cm³/mol. The van der Waals surface area contributed by atoms with Crippen LogP contribution in [0.15, 0.2) is 46.9 Å². The fraction of sp³-hybridized carbons (Fsp3) is 0.176. The number of rotatable bonds is 6. The molecule has 120 valence electrons. The van der Waals surface area contributed by atoms with Crippen molar-refractivity contribution in [3.8, 4) is 5.75 Å². The Morgan fingerprint density at radius 1 is 1.17 bits per heavy atom. The molecule has 0 fully saturated rings. The summed E-state index contributed by atoms with van der Waals surface area (Å²) in [5.41, 5.74) is 1.86. The molecule has 0 aromatic heterocycles. The summed E-state index contributed by atoms with van der Waals surface area (Å²) in [7, 11) is 0. The molecular weight excluding hydrogens is 362 g/mol. The molecule has 0 aliphatic carbocycles. The van der Waals surface area contributed by atoms with Crippen molar-refractivity contribution in [3.05, 3.63) is 58.1 Å². The summed E-state index contributed by atoms with van der Waals surface area (Å²) in [5, 5.41) is 11.5. The number of carbonyl (C=O) groups is 2. The molecule has 0 radical (unpaired) electrons. The van der Waals surface area contributed by atoms with E-state index in [0.29, 0.717) is 11.4 Å². The third-order valence-corrected chi connectivity index (χ3v) is 3.80. The second-order valence-electron chi connectivity index (χ2n) is 4.84. The molecular formula is C17H16BrNO4. The molecule has 2 rings (SSSR count). The third kappa shape index (κ3) is 4.82. The highest BCUT2D eigenvalue weighted by Gasteiger charge is 2.08. The highest BCUT2D eigenvalue weighted by molar-refractivity contribution is 9.10. The monoisotopic (exact) mass is 377 g/mol. The van der Waals surface area contributed by atoms with E-state index in [1.807, 2.05) is 18.2 Å². The van der Waals surface area contributed by atoms with E-state index in [0.717, 1.165) is 10.9 Å². The standard InChI is InChI=1S/C17H16BrNO4/c1-2-11-3-8-15(14(18)9-11)23-10-16(20)19-13-6-4-12(5-7-13)17(21)22/h3-9H,2,10H2,1H3,(H,19,20)(H,21,22). The summed E-state index contributed by atoms with van der Waals surface area (Å²) in [6.07, 6.45) is 0.922. The van der Waals surface area contributed by atoms with Crippen LogP contribution in [0.1, 0.15) is 22.8 Å². The van der Waals surface area contributed by atoms with Crippen molar-refractivity contribution in [2.24, 2.45) is 0 Å². The highest BCUT2D eigenvalue weighted by Crippen LogP contribution is 2.26. The van der Waals surface area contributed by atoms with E-state index in [-0.39, 0.29) is 18.1 Å². The first-order chi connectivity index (χ1) is 11.0. The van der Waals surface area contributed by atoms with Gasteiger partial charge in [-0.25, -0.2) is 4.79 Å². The number of anilines is 1. The van der Waals surface area contributed by atoms with Crippen molar-refractivity contribution < 1.29 is 19.4 Å². The first-order valence-electron chi connectivity index (χ1n) is 7.04. The van der Waals surface area contributed by atoms with Crippen molar-refractivity contribution in [3.63, 3.8) is 0 Å². The van der Waals surface area contributed by atoms with Gasteiger partial charge in [0.1, 0.15) is 5.75 Å². The van der Waals surface area contributed by atoms with E-state index in [1.54, 1.807) is 0 Å². The first kappa shape index (κ1) is 17.0. The van der Waals surface area contributed by atoms with Gasteiger partial charge < -0.3 is 15.2 Å². The molecule has 23 heavy (non-hydrogen) atoms. The Hall–Kier alpha value is -2.34. The van der Waals surface area contributed by atoms with E-state index in [1.165, 1.54) is 29.8 Å². The molecule has 5 nitrogen and oxygen atoms in total. The van der Waals surface area contributed by atoms with Crippen molar-refractivity contribution in [2.45, 2.75) is 13.3 Å². The lowest BCUT2D eigenvalue weighted by Gasteiger charge is -2.10. The number of aromatic carboxylic acids is 1. The molecule has 0 saturated carbocycles. The quantitative estimate of drug-likeness (QED) is 0.803. The van der Waals surface area contributed by atoms with Gasteiger partial charge in [-0.1, -0.05) is 13.0 Å². The van der Waals surface area contributed by atoms with Crippen LogP contribution < -0.4 is 10.1 Å². The van der Waals surface area contributed by atoms with Crippen LogP contribution in [-0.4, -0.2) is 23.6 Å². The molecule has 0 saturated heterocycles. The Bertz CT molecular complexity index is 713. The fourth-order valence-electron chi connectivity index (χ4n) is 1.92. The van der Waals surface area contributed by atoms with Crippen LogP contribution in [0.4, 0.5) is 5.69 Å². The number of aryl methyl sites for hydroxylation is 1. The van der Waals surface area contributed by atoms with Gasteiger partial charge in [0.05, 0.1) is 10.0 Å². The summed E-state index contributed by atoms with van der Waals surface area (Å²) >= 11 is 3.41. The molecule has 2 aromatic carbocycles. The topological polar surface area (TPSA) is 75.6 Å². The van der Waals surface area contributed by atoms with E-state index in [2.05, 4.69) is 28.2 Å². The van der Waals surface area contributed by atoms with Gasteiger partial charge in [0.2, 0.25) is 0 Å². The number of ether oxygens (including phenoxy) is 1. The smallest absolute Gasteiger partial charge is 0.335 e. The van der Waals surface area contributed by atoms with Crippen LogP contribution in [-0.2, 0) is 11.2 Å². The van der Waals surface area contributed by atoms with Gasteiger partial charge in [-0.05, 0) is 64.3 Å². The number of carboxylic acid groups (broad SMARTS) is 1. The van der Waals surface area contributed by atoms with E-state index in [4.69, 9.17) is 9.84 Å². The zero-order valence-corrected chi connectivity index (χ0v) is 14.1. The van der Waals surface area contributed by atoms with Gasteiger partial charge in [0.25, 0.3) is 5.91 Å². The molecule has 0 heterocycles. The van der Waals surface area contributed by atoms with Crippen molar-refractivity contribution in [1.29, 1.82) is 0 Å². The van der Waals surface area contributed by atoms with Crippen molar-refractivity contribution in [1.82, 2.24) is 0 Å². The average Bonchev–Trinajstić information content (AvgIpc) is 2.54. The third-order valence-electron chi connectivity index (χ3n) is 3.18. The minimum atomic E-state index is -1.01. The van der Waals surface area contributed by atoms with Gasteiger partial charge in [0.15, 0.2) is 6.61 Å². The number of carbonyl (C=O) groups excluding carboxylic acids is 1. The van der Waals surface area contributed by atoms with Crippen LogP contribution in [0, 0.1) is 0 Å². The van der Waals surface area contributed by atoms with Gasteiger partial charge in [-0.15, -0.1) is 0 Å². The lowest BCUT2D eigenvalue weighted by Crippen LogP contribution is -2.20. The summed E-state index contributed by atoms with van der Waals surface area (Å²) in [6.45, 7) is 1.93. The number of benzene rings is 2. The minimum Gasteiger partial charge on any atom is -0.483 e. The SMILES string of the molecule is CCc1ccc(OCC(=O)Nc2ccc(C(=O)O)cc2)c(Br)c1. The summed E-state index contributed by atoms with van der Waals surface area (Å²) in [5.74, 6) is -0.732. The van der Waals surface area contributed by atoms with E-state index >= 15 is 0 Å². The van der Waals surface area contributed by atoms with Crippen molar-refractivity contribution >= 4 is 33.5 Å². The Morgan fingerprint density at radius 2 is 1.87 bits per heavy atom. The van der Waals surface area contributed by atoms with Gasteiger partial charge in [-0.2, -0.15) is 0 Å².